The lowest BCUT2D eigenvalue weighted by molar-refractivity contribution is -0.132. The quantitative estimate of drug-likeness (QED) is 0.622. The molecule has 0 spiro atoms. The average Bonchev–Trinajstić information content (AvgIpc) is 3.19. The minimum atomic E-state index is -3.39. The van der Waals surface area contributed by atoms with Crippen molar-refractivity contribution in [3.8, 4) is 0 Å². The second-order valence-corrected chi connectivity index (χ2v) is 10.5. The highest BCUT2D eigenvalue weighted by molar-refractivity contribution is 7.91. The zero-order valence-corrected chi connectivity index (χ0v) is 18.9. The van der Waals surface area contributed by atoms with Crippen LogP contribution in [0.25, 0.3) is 0 Å². The molecule has 2 aliphatic heterocycles. The third-order valence-corrected chi connectivity index (χ3v) is 7.87. The number of carbonyl (C=O) groups excluding carboxylic acids is 2. The van der Waals surface area contributed by atoms with Gasteiger partial charge in [0.1, 0.15) is 12.4 Å². The first-order valence-electron chi connectivity index (χ1n) is 10.6. The summed E-state index contributed by atoms with van der Waals surface area (Å²) in [5.74, 6) is -1.14. The summed E-state index contributed by atoms with van der Waals surface area (Å²) in [4.78, 5) is 30.7. The van der Waals surface area contributed by atoms with E-state index >= 15 is 0 Å². The molecule has 2 aliphatic rings. The predicted octanol–water partition coefficient (Wildman–Crippen LogP) is 2.59. The van der Waals surface area contributed by atoms with Gasteiger partial charge in [0.2, 0.25) is 5.91 Å². The number of likely N-dealkylation sites (N-methyl/N-ethyl adjacent to an activating group) is 1. The van der Waals surface area contributed by atoms with Gasteiger partial charge in [-0.25, -0.2) is 17.6 Å². The molecule has 0 radical (unpaired) electrons. The normalized spacial score (nSPS) is 21.7. The van der Waals surface area contributed by atoms with Crippen LogP contribution in [0.1, 0.15) is 18.1 Å². The summed E-state index contributed by atoms with van der Waals surface area (Å²) in [6.45, 7) is 4.11. The number of urea groups is 1. The van der Waals surface area contributed by atoms with Crippen LogP contribution >= 0.6 is 0 Å². The predicted molar refractivity (Wildman–Crippen MR) is 119 cm³/mol. The van der Waals surface area contributed by atoms with E-state index in [4.69, 9.17) is 0 Å². The van der Waals surface area contributed by atoms with Crippen LogP contribution in [0.5, 0.6) is 0 Å². The fourth-order valence-electron chi connectivity index (χ4n) is 4.42. The van der Waals surface area contributed by atoms with Gasteiger partial charge in [0.15, 0.2) is 9.84 Å². The topological polar surface area (TPSA) is 78.0 Å². The number of benzene rings is 2. The van der Waals surface area contributed by atoms with Gasteiger partial charge < -0.3 is 9.80 Å². The Morgan fingerprint density at radius 3 is 2.47 bits per heavy atom. The van der Waals surface area contributed by atoms with Gasteiger partial charge in [-0.3, -0.25) is 9.69 Å². The maximum atomic E-state index is 14.2. The Kier molecular flexibility index (Phi) is 5.94. The lowest BCUT2D eigenvalue weighted by atomic mass is 10.1. The number of anilines is 1. The Hall–Kier alpha value is -2.94. The molecule has 3 amide bonds. The van der Waals surface area contributed by atoms with E-state index in [0.29, 0.717) is 24.3 Å². The molecule has 0 aromatic heterocycles. The van der Waals surface area contributed by atoms with Gasteiger partial charge in [0.25, 0.3) is 0 Å². The number of rotatable bonds is 6. The third-order valence-electron chi connectivity index (χ3n) is 6.17. The lowest BCUT2D eigenvalue weighted by Gasteiger charge is -2.26. The standard InChI is InChI=1S/C23H26FN3O4S/c1-3-25(12-17-7-5-4-6-8-17)22(28)13-26-20-14-32(30,31)15-21(20)27(23(26)29)18-10-9-16(2)19(24)11-18/h4-11,20-21H,3,12-15H2,1-2H3. The number of halogens is 1. The summed E-state index contributed by atoms with van der Waals surface area (Å²) in [7, 11) is -3.39. The monoisotopic (exact) mass is 459 g/mol. The Morgan fingerprint density at radius 1 is 1.12 bits per heavy atom. The summed E-state index contributed by atoms with van der Waals surface area (Å²) >= 11 is 0. The fourth-order valence-corrected chi connectivity index (χ4v) is 6.37. The Bertz CT molecular complexity index is 1140. The first kappa shape index (κ1) is 22.3. The van der Waals surface area contributed by atoms with Gasteiger partial charge in [0.05, 0.1) is 23.6 Å². The zero-order chi connectivity index (χ0) is 23.0. The van der Waals surface area contributed by atoms with E-state index in [1.807, 2.05) is 37.3 Å². The average molecular weight is 460 g/mol. The number of fused-ring (bicyclic) bond motifs is 1. The maximum absolute atomic E-state index is 14.2. The smallest absolute Gasteiger partial charge is 0.325 e. The lowest BCUT2D eigenvalue weighted by Crippen LogP contribution is -2.45. The van der Waals surface area contributed by atoms with Crippen LogP contribution in [0.2, 0.25) is 0 Å². The molecule has 2 heterocycles. The molecule has 2 aromatic rings. The van der Waals surface area contributed by atoms with Crippen molar-refractivity contribution in [2.24, 2.45) is 0 Å². The van der Waals surface area contributed by atoms with E-state index < -0.39 is 33.8 Å². The van der Waals surface area contributed by atoms with Crippen LogP contribution in [0.4, 0.5) is 14.9 Å². The zero-order valence-electron chi connectivity index (χ0n) is 18.1. The van der Waals surface area contributed by atoms with Crippen molar-refractivity contribution in [2.45, 2.75) is 32.5 Å². The molecule has 2 saturated heterocycles. The Morgan fingerprint density at radius 2 is 1.81 bits per heavy atom. The number of sulfone groups is 1. The second kappa shape index (κ2) is 8.54. The molecule has 7 nitrogen and oxygen atoms in total. The van der Waals surface area contributed by atoms with Crippen LogP contribution in [-0.4, -0.2) is 66.8 Å². The number of aryl methyl sites for hydroxylation is 1. The number of nitrogens with zero attached hydrogens (tertiary/aromatic N) is 3. The Labute approximate surface area is 187 Å². The molecule has 9 heteroatoms. The van der Waals surface area contributed by atoms with Crippen molar-refractivity contribution in [1.29, 1.82) is 0 Å². The van der Waals surface area contributed by atoms with Crippen molar-refractivity contribution in [2.75, 3.05) is 29.5 Å². The summed E-state index contributed by atoms with van der Waals surface area (Å²) in [5.41, 5.74) is 1.70. The van der Waals surface area contributed by atoms with Gasteiger partial charge in [-0.05, 0) is 37.1 Å². The van der Waals surface area contributed by atoms with Gasteiger partial charge in [0, 0.05) is 18.8 Å². The molecule has 0 aliphatic carbocycles. The van der Waals surface area contributed by atoms with Crippen LogP contribution in [-0.2, 0) is 21.2 Å². The van der Waals surface area contributed by atoms with Gasteiger partial charge in [-0.1, -0.05) is 36.4 Å². The van der Waals surface area contributed by atoms with Crippen LogP contribution in [0.15, 0.2) is 48.5 Å². The maximum Gasteiger partial charge on any atom is 0.325 e. The summed E-state index contributed by atoms with van der Waals surface area (Å²) in [5, 5.41) is 0. The summed E-state index contributed by atoms with van der Waals surface area (Å²) < 4.78 is 38.9. The molecule has 2 aromatic carbocycles. The van der Waals surface area contributed by atoms with Crippen LogP contribution in [0, 0.1) is 12.7 Å². The highest BCUT2D eigenvalue weighted by Gasteiger charge is 2.54. The second-order valence-electron chi connectivity index (χ2n) is 8.32. The Balaban J connectivity index is 1.59. The first-order chi connectivity index (χ1) is 15.2. The van der Waals surface area contributed by atoms with Gasteiger partial charge >= 0.3 is 6.03 Å². The van der Waals surface area contributed by atoms with E-state index in [9.17, 15) is 22.4 Å². The van der Waals surface area contributed by atoms with Crippen molar-refractivity contribution < 1.29 is 22.4 Å². The molecule has 0 bridgehead atoms. The van der Waals surface area contributed by atoms with E-state index in [-0.39, 0.29) is 24.0 Å². The minimum absolute atomic E-state index is 0.202. The van der Waals surface area contributed by atoms with E-state index in [1.54, 1.807) is 24.0 Å². The molecule has 2 atom stereocenters. The SMILES string of the molecule is CCN(Cc1ccccc1)C(=O)CN1C(=O)N(c2ccc(C)c(F)c2)C2CS(=O)(=O)CC21. The van der Waals surface area contributed by atoms with Crippen molar-refractivity contribution in [1.82, 2.24) is 9.80 Å². The molecule has 0 saturated carbocycles. The number of hydrogen-bond acceptors (Lipinski definition) is 4. The molecule has 0 N–H and O–H groups in total. The molecule has 2 unspecified atom stereocenters. The number of hydrogen-bond donors (Lipinski definition) is 0. The van der Waals surface area contributed by atoms with Crippen molar-refractivity contribution in [3.05, 3.63) is 65.5 Å². The fraction of sp³-hybridized carbons (Fsp3) is 0.391. The van der Waals surface area contributed by atoms with Crippen LogP contribution in [0.3, 0.4) is 0 Å². The molecule has 32 heavy (non-hydrogen) atoms. The largest absolute Gasteiger partial charge is 0.337 e. The summed E-state index contributed by atoms with van der Waals surface area (Å²) in [6.07, 6.45) is 0. The van der Waals surface area contributed by atoms with Gasteiger partial charge in [-0.2, -0.15) is 0 Å². The van der Waals surface area contributed by atoms with E-state index in [0.717, 1.165) is 5.56 Å². The van der Waals surface area contributed by atoms with Gasteiger partial charge in [-0.15, -0.1) is 0 Å². The number of carbonyl (C=O) groups is 2. The minimum Gasteiger partial charge on any atom is -0.337 e. The third kappa shape index (κ3) is 4.21. The van der Waals surface area contributed by atoms with Crippen molar-refractivity contribution >= 4 is 27.5 Å². The highest BCUT2D eigenvalue weighted by Crippen LogP contribution is 2.35. The van der Waals surface area contributed by atoms with Crippen LogP contribution < -0.4 is 4.90 Å². The van der Waals surface area contributed by atoms with E-state index in [1.165, 1.54) is 15.9 Å². The summed E-state index contributed by atoms with van der Waals surface area (Å²) in [6, 6.07) is 12.2. The molecular formula is C23H26FN3O4S. The molecule has 170 valence electrons. The first-order valence-corrected chi connectivity index (χ1v) is 12.4. The highest BCUT2D eigenvalue weighted by atomic mass is 32.2. The number of amides is 3. The van der Waals surface area contributed by atoms with Crippen molar-refractivity contribution in [3.63, 3.8) is 0 Å². The molecule has 2 fully saturated rings. The molecule has 4 rings (SSSR count). The van der Waals surface area contributed by atoms with E-state index in [2.05, 4.69) is 0 Å². The molecular weight excluding hydrogens is 433 g/mol.